The number of aromatic nitrogens is 2. The summed E-state index contributed by atoms with van der Waals surface area (Å²) in [6.45, 7) is 4.69. The van der Waals surface area contributed by atoms with E-state index in [4.69, 9.17) is 0 Å². The van der Waals surface area contributed by atoms with Crippen molar-refractivity contribution in [3.05, 3.63) is 30.5 Å². The minimum Gasteiger partial charge on any atom is -0.365 e. The molecular formula is C16H21N3. The van der Waals surface area contributed by atoms with Gasteiger partial charge in [-0.05, 0) is 31.1 Å². The Kier molecular flexibility index (Phi) is 3.36. The van der Waals surface area contributed by atoms with Gasteiger partial charge < -0.3 is 5.32 Å². The van der Waals surface area contributed by atoms with Crippen LogP contribution in [0.15, 0.2) is 30.5 Å². The van der Waals surface area contributed by atoms with Gasteiger partial charge in [0.15, 0.2) is 5.82 Å². The zero-order valence-electron chi connectivity index (χ0n) is 11.6. The molecule has 2 aromatic rings. The van der Waals surface area contributed by atoms with E-state index in [1.807, 2.05) is 12.3 Å². The summed E-state index contributed by atoms with van der Waals surface area (Å²) in [4.78, 5) is 0. The minimum absolute atomic E-state index is 0.527. The van der Waals surface area contributed by atoms with Gasteiger partial charge >= 0.3 is 0 Å². The summed E-state index contributed by atoms with van der Waals surface area (Å²) in [6.07, 6.45) is 5.64. The second-order valence-electron chi connectivity index (χ2n) is 6.04. The average Bonchev–Trinajstić information content (AvgIpc) is 2.38. The SMILES string of the molecule is CC1CC(C)CC(Nc2nncc3ccccc23)C1. The highest BCUT2D eigenvalue weighted by molar-refractivity contribution is 5.90. The van der Waals surface area contributed by atoms with Gasteiger partial charge in [0, 0.05) is 16.8 Å². The normalized spacial score (nSPS) is 27.4. The van der Waals surface area contributed by atoms with Crippen LogP contribution < -0.4 is 5.32 Å². The largest absolute Gasteiger partial charge is 0.365 e. The van der Waals surface area contributed by atoms with Crippen LogP contribution in [0.5, 0.6) is 0 Å². The van der Waals surface area contributed by atoms with Crippen molar-refractivity contribution in [1.29, 1.82) is 0 Å². The molecule has 100 valence electrons. The molecule has 1 aliphatic carbocycles. The molecule has 19 heavy (non-hydrogen) atoms. The topological polar surface area (TPSA) is 37.8 Å². The molecule has 1 aromatic carbocycles. The van der Waals surface area contributed by atoms with Crippen molar-refractivity contribution in [2.75, 3.05) is 5.32 Å². The van der Waals surface area contributed by atoms with E-state index in [0.29, 0.717) is 6.04 Å². The van der Waals surface area contributed by atoms with Crippen LogP contribution >= 0.6 is 0 Å². The van der Waals surface area contributed by atoms with Crippen molar-refractivity contribution >= 4 is 16.6 Å². The number of nitrogens with one attached hydrogen (secondary N) is 1. The third-order valence-corrected chi connectivity index (χ3v) is 4.09. The maximum atomic E-state index is 4.29. The highest BCUT2D eigenvalue weighted by atomic mass is 15.2. The number of fused-ring (bicyclic) bond motifs is 1. The van der Waals surface area contributed by atoms with Crippen LogP contribution in [0.3, 0.4) is 0 Å². The Morgan fingerprint density at radius 1 is 1.05 bits per heavy atom. The fourth-order valence-electron chi connectivity index (χ4n) is 3.39. The van der Waals surface area contributed by atoms with Gasteiger partial charge in [-0.25, -0.2) is 0 Å². The van der Waals surface area contributed by atoms with Crippen molar-refractivity contribution < 1.29 is 0 Å². The lowest BCUT2D eigenvalue weighted by molar-refractivity contribution is 0.280. The zero-order valence-corrected chi connectivity index (χ0v) is 11.6. The molecule has 2 atom stereocenters. The maximum Gasteiger partial charge on any atom is 0.156 e. The summed E-state index contributed by atoms with van der Waals surface area (Å²) in [5, 5.41) is 14.3. The molecule has 0 bridgehead atoms. The molecule has 0 aliphatic heterocycles. The van der Waals surface area contributed by atoms with Gasteiger partial charge in [-0.2, -0.15) is 5.10 Å². The zero-order chi connectivity index (χ0) is 13.2. The van der Waals surface area contributed by atoms with Gasteiger partial charge in [-0.1, -0.05) is 38.1 Å². The first kappa shape index (κ1) is 12.4. The Bertz CT molecular complexity index is 551. The highest BCUT2D eigenvalue weighted by Gasteiger charge is 2.24. The average molecular weight is 255 g/mol. The molecule has 3 rings (SSSR count). The van der Waals surface area contributed by atoms with Crippen molar-refractivity contribution in [1.82, 2.24) is 10.2 Å². The molecule has 0 saturated heterocycles. The third-order valence-electron chi connectivity index (χ3n) is 4.09. The number of hydrogen-bond acceptors (Lipinski definition) is 3. The van der Waals surface area contributed by atoms with Crippen molar-refractivity contribution in [3.63, 3.8) is 0 Å². The van der Waals surface area contributed by atoms with Crippen LogP contribution in [-0.2, 0) is 0 Å². The first-order valence-electron chi connectivity index (χ1n) is 7.19. The van der Waals surface area contributed by atoms with Crippen LogP contribution in [0.4, 0.5) is 5.82 Å². The van der Waals surface area contributed by atoms with Gasteiger partial charge in [0.2, 0.25) is 0 Å². The molecule has 3 nitrogen and oxygen atoms in total. The van der Waals surface area contributed by atoms with Gasteiger partial charge in [-0.15, -0.1) is 5.10 Å². The lowest BCUT2D eigenvalue weighted by Gasteiger charge is -2.32. The molecule has 0 spiro atoms. The van der Waals surface area contributed by atoms with Gasteiger partial charge in [0.05, 0.1) is 6.20 Å². The quantitative estimate of drug-likeness (QED) is 0.885. The Balaban J connectivity index is 1.85. The van der Waals surface area contributed by atoms with Crippen LogP contribution in [0.25, 0.3) is 10.8 Å². The fraction of sp³-hybridized carbons (Fsp3) is 0.500. The number of benzene rings is 1. The summed E-state index contributed by atoms with van der Waals surface area (Å²) >= 11 is 0. The smallest absolute Gasteiger partial charge is 0.156 e. The van der Waals surface area contributed by atoms with Gasteiger partial charge in [-0.3, -0.25) is 0 Å². The summed E-state index contributed by atoms with van der Waals surface area (Å²) in [7, 11) is 0. The molecule has 0 amide bonds. The van der Waals surface area contributed by atoms with E-state index in [-0.39, 0.29) is 0 Å². The minimum atomic E-state index is 0.527. The monoisotopic (exact) mass is 255 g/mol. The first-order chi connectivity index (χ1) is 9.22. The van der Waals surface area contributed by atoms with Crippen molar-refractivity contribution in [2.24, 2.45) is 11.8 Å². The van der Waals surface area contributed by atoms with Gasteiger partial charge in [0.25, 0.3) is 0 Å². The van der Waals surface area contributed by atoms with E-state index in [9.17, 15) is 0 Å². The fourth-order valence-corrected chi connectivity index (χ4v) is 3.39. The van der Waals surface area contributed by atoms with Crippen LogP contribution in [0, 0.1) is 11.8 Å². The summed E-state index contributed by atoms with van der Waals surface area (Å²) in [5.74, 6) is 2.53. The molecule has 1 fully saturated rings. The molecule has 3 heteroatoms. The molecule has 1 N–H and O–H groups in total. The van der Waals surface area contributed by atoms with E-state index in [2.05, 4.69) is 47.6 Å². The predicted molar refractivity (Wildman–Crippen MR) is 79.1 cm³/mol. The van der Waals surface area contributed by atoms with E-state index >= 15 is 0 Å². The Morgan fingerprint density at radius 3 is 2.58 bits per heavy atom. The second kappa shape index (κ2) is 5.16. The Labute approximate surface area is 114 Å². The van der Waals surface area contributed by atoms with E-state index in [0.717, 1.165) is 23.0 Å². The molecule has 1 saturated carbocycles. The number of rotatable bonds is 2. The molecular weight excluding hydrogens is 234 g/mol. The molecule has 1 aliphatic rings. The molecule has 1 heterocycles. The molecule has 0 radical (unpaired) electrons. The first-order valence-corrected chi connectivity index (χ1v) is 7.19. The summed E-state index contributed by atoms with van der Waals surface area (Å²) in [5.41, 5.74) is 0. The lowest BCUT2D eigenvalue weighted by atomic mass is 9.80. The summed E-state index contributed by atoms with van der Waals surface area (Å²) in [6, 6.07) is 8.82. The Morgan fingerprint density at radius 2 is 1.79 bits per heavy atom. The number of anilines is 1. The standard InChI is InChI=1S/C16H21N3/c1-11-7-12(2)9-14(8-11)18-16-15-6-4-3-5-13(15)10-17-19-16/h3-6,10-12,14H,7-9H2,1-2H3,(H,18,19). The van der Waals surface area contributed by atoms with Crippen molar-refractivity contribution in [3.8, 4) is 0 Å². The van der Waals surface area contributed by atoms with Crippen LogP contribution in [0.2, 0.25) is 0 Å². The molecule has 1 aromatic heterocycles. The predicted octanol–water partition coefficient (Wildman–Crippen LogP) is 3.87. The second-order valence-corrected chi connectivity index (χ2v) is 6.04. The maximum absolute atomic E-state index is 4.29. The Hall–Kier alpha value is -1.64. The van der Waals surface area contributed by atoms with E-state index in [1.165, 1.54) is 24.6 Å². The van der Waals surface area contributed by atoms with Crippen LogP contribution in [-0.4, -0.2) is 16.2 Å². The number of hydrogen-bond donors (Lipinski definition) is 1. The third kappa shape index (κ3) is 2.70. The van der Waals surface area contributed by atoms with Gasteiger partial charge in [0.1, 0.15) is 0 Å². The van der Waals surface area contributed by atoms with Crippen LogP contribution in [0.1, 0.15) is 33.1 Å². The van der Waals surface area contributed by atoms with E-state index in [1.54, 1.807) is 0 Å². The van der Waals surface area contributed by atoms with Crippen molar-refractivity contribution in [2.45, 2.75) is 39.2 Å². The lowest BCUT2D eigenvalue weighted by Crippen LogP contribution is -2.30. The highest BCUT2D eigenvalue weighted by Crippen LogP contribution is 2.31. The summed E-state index contributed by atoms with van der Waals surface area (Å²) < 4.78 is 0. The number of nitrogens with zero attached hydrogens (tertiary/aromatic N) is 2. The van der Waals surface area contributed by atoms with E-state index < -0.39 is 0 Å². The molecule has 2 unspecified atom stereocenters.